The van der Waals surface area contributed by atoms with Crippen LogP contribution < -0.4 is 4.74 Å². The van der Waals surface area contributed by atoms with Gasteiger partial charge in [0.25, 0.3) is 0 Å². The topological polar surface area (TPSA) is 9.23 Å². The van der Waals surface area contributed by atoms with Gasteiger partial charge in [-0.15, -0.1) is 0 Å². The Bertz CT molecular complexity index is 263. The van der Waals surface area contributed by atoms with Crippen molar-refractivity contribution in [3.8, 4) is 5.75 Å². The summed E-state index contributed by atoms with van der Waals surface area (Å²) in [6, 6.07) is 5.51. The second-order valence-electron chi connectivity index (χ2n) is 2.42. The van der Waals surface area contributed by atoms with Crippen molar-refractivity contribution in [1.29, 1.82) is 0 Å². The van der Waals surface area contributed by atoms with Gasteiger partial charge in [-0.2, -0.15) is 0 Å². The first-order chi connectivity index (χ1) is 5.74. The molecule has 1 nitrogen and oxygen atoms in total. The first-order valence-electron chi connectivity index (χ1n) is 3.82. The van der Waals surface area contributed by atoms with Crippen LogP contribution in [0.25, 0.3) is 0 Å². The quantitative estimate of drug-likeness (QED) is 0.790. The number of halogens is 2. The van der Waals surface area contributed by atoms with E-state index < -0.39 is 0 Å². The lowest BCUT2D eigenvalue weighted by atomic mass is 10.3. The Kier molecular flexibility index (Phi) is 3.89. The summed E-state index contributed by atoms with van der Waals surface area (Å²) in [5.41, 5.74) is 0. The van der Waals surface area contributed by atoms with Crippen molar-refractivity contribution >= 4 is 27.5 Å². The van der Waals surface area contributed by atoms with E-state index in [0.717, 1.165) is 23.2 Å². The predicted octanol–water partition coefficient (Wildman–Crippen LogP) is 3.89. The summed E-state index contributed by atoms with van der Waals surface area (Å²) >= 11 is 9.13. The van der Waals surface area contributed by atoms with Crippen LogP contribution in [0, 0.1) is 0 Å². The highest BCUT2D eigenvalue weighted by Crippen LogP contribution is 2.27. The molecule has 0 aliphatic carbocycles. The van der Waals surface area contributed by atoms with Gasteiger partial charge in [0.1, 0.15) is 5.75 Å². The molecule has 0 saturated heterocycles. The van der Waals surface area contributed by atoms with E-state index in [2.05, 4.69) is 22.9 Å². The van der Waals surface area contributed by atoms with Gasteiger partial charge in [-0.3, -0.25) is 0 Å². The maximum Gasteiger partial charge on any atom is 0.133 e. The SMILES string of the molecule is CCCOc1ccc(Cl)cc1Br. The Morgan fingerprint density at radius 1 is 1.50 bits per heavy atom. The molecule has 0 spiro atoms. The fourth-order valence-electron chi connectivity index (χ4n) is 0.804. The third-order valence-corrected chi connectivity index (χ3v) is 2.21. The van der Waals surface area contributed by atoms with Crippen LogP contribution in [0.3, 0.4) is 0 Å². The Balaban J connectivity index is 2.72. The van der Waals surface area contributed by atoms with E-state index in [0.29, 0.717) is 5.02 Å². The maximum atomic E-state index is 5.77. The number of hydrogen-bond donors (Lipinski definition) is 0. The van der Waals surface area contributed by atoms with E-state index in [1.54, 1.807) is 0 Å². The summed E-state index contributed by atoms with van der Waals surface area (Å²) in [6.45, 7) is 2.81. The van der Waals surface area contributed by atoms with Crippen molar-refractivity contribution in [1.82, 2.24) is 0 Å². The molecule has 0 fully saturated rings. The number of rotatable bonds is 3. The van der Waals surface area contributed by atoms with Gasteiger partial charge < -0.3 is 4.74 Å². The van der Waals surface area contributed by atoms with Crippen LogP contribution >= 0.6 is 27.5 Å². The summed E-state index contributed by atoms with van der Waals surface area (Å²) < 4.78 is 6.34. The van der Waals surface area contributed by atoms with Crippen molar-refractivity contribution in [2.24, 2.45) is 0 Å². The molecular formula is C9H10BrClO. The zero-order chi connectivity index (χ0) is 8.97. The summed E-state index contributed by atoms with van der Waals surface area (Å²) in [5, 5.41) is 0.714. The molecule has 66 valence electrons. The van der Waals surface area contributed by atoms with Gasteiger partial charge in [0.2, 0.25) is 0 Å². The second-order valence-corrected chi connectivity index (χ2v) is 3.71. The highest BCUT2D eigenvalue weighted by molar-refractivity contribution is 9.10. The van der Waals surface area contributed by atoms with E-state index in [4.69, 9.17) is 16.3 Å². The van der Waals surface area contributed by atoms with E-state index >= 15 is 0 Å². The van der Waals surface area contributed by atoms with Crippen LogP contribution in [0.15, 0.2) is 22.7 Å². The van der Waals surface area contributed by atoms with E-state index in [9.17, 15) is 0 Å². The fourth-order valence-corrected chi connectivity index (χ4v) is 1.60. The van der Waals surface area contributed by atoms with Crippen molar-refractivity contribution in [3.05, 3.63) is 27.7 Å². The molecule has 0 saturated carbocycles. The molecule has 0 unspecified atom stereocenters. The van der Waals surface area contributed by atoms with Crippen LogP contribution in [-0.2, 0) is 0 Å². The smallest absolute Gasteiger partial charge is 0.133 e. The third kappa shape index (κ3) is 2.68. The van der Waals surface area contributed by atoms with Crippen molar-refractivity contribution in [2.75, 3.05) is 6.61 Å². The lowest BCUT2D eigenvalue weighted by Gasteiger charge is -2.06. The first-order valence-corrected chi connectivity index (χ1v) is 4.99. The molecule has 3 heteroatoms. The van der Waals surface area contributed by atoms with Crippen molar-refractivity contribution < 1.29 is 4.74 Å². The standard InChI is InChI=1S/C9H10BrClO/c1-2-5-12-9-4-3-7(11)6-8(9)10/h3-4,6H,2,5H2,1H3. The van der Waals surface area contributed by atoms with Gasteiger partial charge >= 0.3 is 0 Å². The van der Waals surface area contributed by atoms with Crippen molar-refractivity contribution in [2.45, 2.75) is 13.3 Å². The van der Waals surface area contributed by atoms with Gasteiger partial charge in [-0.05, 0) is 40.5 Å². The highest BCUT2D eigenvalue weighted by Gasteiger charge is 1.99. The average molecular weight is 250 g/mol. The molecule has 0 atom stereocenters. The number of ether oxygens (including phenoxy) is 1. The van der Waals surface area contributed by atoms with E-state index in [1.807, 2.05) is 18.2 Å². The summed E-state index contributed by atoms with van der Waals surface area (Å²) in [5.74, 6) is 0.848. The van der Waals surface area contributed by atoms with Gasteiger partial charge in [0.05, 0.1) is 11.1 Å². The Hall–Kier alpha value is -0.210. The molecule has 1 aromatic rings. The second kappa shape index (κ2) is 4.73. The molecule has 1 rings (SSSR count). The molecule has 0 N–H and O–H groups in total. The molecule has 0 heterocycles. The number of benzene rings is 1. The molecule has 1 aromatic carbocycles. The maximum absolute atomic E-state index is 5.77. The molecule has 0 aliphatic heterocycles. The van der Waals surface area contributed by atoms with Crippen LogP contribution in [0.1, 0.15) is 13.3 Å². The zero-order valence-corrected chi connectivity index (χ0v) is 9.15. The van der Waals surface area contributed by atoms with Gasteiger partial charge in [-0.25, -0.2) is 0 Å². The summed E-state index contributed by atoms with van der Waals surface area (Å²) in [6.07, 6.45) is 1.01. The molecule has 0 bridgehead atoms. The molecule has 12 heavy (non-hydrogen) atoms. The zero-order valence-electron chi connectivity index (χ0n) is 6.81. The predicted molar refractivity (Wildman–Crippen MR) is 54.9 cm³/mol. The average Bonchev–Trinajstić information content (AvgIpc) is 2.03. The fraction of sp³-hybridized carbons (Fsp3) is 0.333. The molecule has 0 aromatic heterocycles. The molecule has 0 radical (unpaired) electrons. The number of hydrogen-bond acceptors (Lipinski definition) is 1. The lowest BCUT2D eigenvalue weighted by Crippen LogP contribution is -1.95. The van der Waals surface area contributed by atoms with E-state index in [-0.39, 0.29) is 0 Å². The van der Waals surface area contributed by atoms with Crippen LogP contribution in [0.5, 0.6) is 5.75 Å². The van der Waals surface area contributed by atoms with Gasteiger partial charge in [-0.1, -0.05) is 18.5 Å². The Labute approximate surface area is 85.8 Å². The van der Waals surface area contributed by atoms with Crippen LogP contribution in [-0.4, -0.2) is 6.61 Å². The Morgan fingerprint density at radius 3 is 2.83 bits per heavy atom. The minimum atomic E-state index is 0.714. The minimum Gasteiger partial charge on any atom is -0.492 e. The van der Waals surface area contributed by atoms with Gasteiger partial charge in [0.15, 0.2) is 0 Å². The monoisotopic (exact) mass is 248 g/mol. The largest absolute Gasteiger partial charge is 0.492 e. The molecular weight excluding hydrogens is 239 g/mol. The Morgan fingerprint density at radius 2 is 2.25 bits per heavy atom. The third-order valence-electron chi connectivity index (χ3n) is 1.36. The molecule has 0 aliphatic rings. The van der Waals surface area contributed by atoms with Gasteiger partial charge in [0, 0.05) is 5.02 Å². The van der Waals surface area contributed by atoms with Crippen LogP contribution in [0.4, 0.5) is 0 Å². The van der Waals surface area contributed by atoms with E-state index in [1.165, 1.54) is 0 Å². The summed E-state index contributed by atoms with van der Waals surface area (Å²) in [7, 11) is 0. The first kappa shape index (κ1) is 9.87. The molecule has 0 amide bonds. The lowest BCUT2D eigenvalue weighted by molar-refractivity contribution is 0.315. The highest BCUT2D eigenvalue weighted by atomic mass is 79.9. The van der Waals surface area contributed by atoms with Crippen LogP contribution in [0.2, 0.25) is 5.02 Å². The van der Waals surface area contributed by atoms with Crippen molar-refractivity contribution in [3.63, 3.8) is 0 Å². The minimum absolute atomic E-state index is 0.714. The normalized spacial score (nSPS) is 9.92. The summed E-state index contributed by atoms with van der Waals surface area (Å²) in [4.78, 5) is 0.